The van der Waals surface area contributed by atoms with Crippen LogP contribution >= 0.6 is 0 Å². The second kappa shape index (κ2) is 17.9. The van der Waals surface area contributed by atoms with Crippen LogP contribution in [0.1, 0.15) is 82.9 Å². The number of carbonyl (C=O) groups is 2. The Morgan fingerprint density at radius 1 is 0.797 bits per heavy atom. The van der Waals surface area contributed by atoms with Gasteiger partial charge in [-0.15, -0.1) is 5.10 Å². The number of amides is 2. The van der Waals surface area contributed by atoms with Crippen LogP contribution in [0.25, 0.3) is 27.6 Å². The minimum absolute atomic E-state index is 0.0663. The molecule has 0 radical (unpaired) electrons. The molecule has 0 saturated carbocycles. The number of benzene rings is 2. The van der Waals surface area contributed by atoms with E-state index in [1.807, 2.05) is 48.6 Å². The van der Waals surface area contributed by atoms with E-state index in [1.165, 1.54) is 31.4 Å². The van der Waals surface area contributed by atoms with E-state index < -0.39 is 35.0 Å². The summed E-state index contributed by atoms with van der Waals surface area (Å²) >= 11 is 0. The maximum Gasteiger partial charge on any atom is 0.278 e. The van der Waals surface area contributed by atoms with Gasteiger partial charge in [-0.1, -0.05) is 18.2 Å². The molecule has 5 aliphatic heterocycles. The van der Waals surface area contributed by atoms with E-state index in [0.29, 0.717) is 59.2 Å². The van der Waals surface area contributed by atoms with Crippen molar-refractivity contribution in [3.8, 4) is 5.82 Å². The number of anilines is 4. The molecule has 4 aromatic heterocycles. The van der Waals surface area contributed by atoms with Crippen LogP contribution in [0.5, 0.6) is 0 Å². The summed E-state index contributed by atoms with van der Waals surface area (Å²) in [6.07, 6.45) is 13.6. The number of hydrogen-bond acceptors (Lipinski definition) is 13. The molecule has 2 bridgehead atoms. The zero-order valence-electron chi connectivity index (χ0n) is 38.8. The molecule has 18 heteroatoms. The molecule has 2 atom stereocenters. The van der Waals surface area contributed by atoms with Crippen molar-refractivity contribution < 1.29 is 19.1 Å². The molecule has 1 unspecified atom stereocenters. The van der Waals surface area contributed by atoms with Gasteiger partial charge >= 0.3 is 0 Å². The molecule has 4 saturated heterocycles. The highest BCUT2D eigenvalue weighted by Crippen LogP contribution is 2.43. The lowest BCUT2D eigenvalue weighted by Crippen LogP contribution is -2.48. The summed E-state index contributed by atoms with van der Waals surface area (Å²) in [5, 5.41) is 21.3. The fraction of sp³-hybridized carbons (Fsp3) is 0.451. The Balaban J connectivity index is 0.674. The molecule has 1 spiro atoms. The summed E-state index contributed by atoms with van der Waals surface area (Å²) in [5.74, 6) is -0.420. The van der Waals surface area contributed by atoms with Crippen molar-refractivity contribution in [1.82, 2.24) is 44.3 Å². The summed E-state index contributed by atoms with van der Waals surface area (Å²) in [4.78, 5) is 72.8. The molecule has 69 heavy (non-hydrogen) atoms. The molecule has 9 heterocycles. The summed E-state index contributed by atoms with van der Waals surface area (Å²) in [7, 11) is 0. The third kappa shape index (κ3) is 8.68. The fourth-order valence-corrected chi connectivity index (χ4v) is 11.2. The maximum absolute atomic E-state index is 15.1. The van der Waals surface area contributed by atoms with Crippen molar-refractivity contribution in [2.45, 2.75) is 89.3 Å². The Labute approximate surface area is 397 Å². The highest BCUT2D eigenvalue weighted by molar-refractivity contribution is 5.99. The number of hydrogen-bond donors (Lipinski definition) is 3. The zero-order valence-corrected chi connectivity index (χ0v) is 38.8. The number of piperidine rings is 4. The molecule has 6 aromatic rings. The van der Waals surface area contributed by atoms with Crippen LogP contribution in [-0.4, -0.2) is 102 Å². The largest absolute Gasteiger partial charge is 0.384 e. The van der Waals surface area contributed by atoms with E-state index in [-0.39, 0.29) is 29.2 Å². The van der Waals surface area contributed by atoms with Gasteiger partial charge in [0, 0.05) is 67.8 Å². The highest BCUT2D eigenvalue weighted by atomic mass is 19.1. The number of likely N-dealkylation sites (tertiary alicyclic amines) is 1. The van der Waals surface area contributed by atoms with Crippen molar-refractivity contribution in [3.05, 3.63) is 111 Å². The number of fused-ring (bicyclic) bond motifs is 7. The quantitative estimate of drug-likeness (QED) is 0.131. The molecular formula is C51H57FN12O5. The first kappa shape index (κ1) is 44.7. The van der Waals surface area contributed by atoms with Gasteiger partial charge in [0.15, 0.2) is 11.5 Å². The topological polar surface area (TPSA) is 189 Å². The Morgan fingerprint density at radius 2 is 1.54 bits per heavy atom. The Bertz CT molecular complexity index is 3100. The van der Waals surface area contributed by atoms with E-state index in [0.717, 1.165) is 74.7 Å². The molecule has 2 amide bonds. The summed E-state index contributed by atoms with van der Waals surface area (Å²) in [5.41, 5.74) is 2.35. The van der Waals surface area contributed by atoms with E-state index in [2.05, 4.69) is 47.5 Å². The second-order valence-corrected chi connectivity index (χ2v) is 19.9. The van der Waals surface area contributed by atoms with Gasteiger partial charge in [0.2, 0.25) is 17.8 Å². The van der Waals surface area contributed by atoms with Gasteiger partial charge in [-0.05, 0) is 144 Å². The third-order valence-corrected chi connectivity index (χ3v) is 15.5. The Hall–Kier alpha value is -6.79. The number of allylic oxidation sites excluding steroid dienone is 2. The minimum Gasteiger partial charge on any atom is -0.384 e. The standard InChI is InChI=1S/C51H57FN12O5/c1-50(69)18-3-2-4-23-62-47(67)39-31-53-49(57-45(39)64(62)42-7-5-6-41(50)55-42)54-34-8-10-35(11-9-34)61-28-21-51(22-29-61)19-26-59(27-20-51)32-33-16-24-60(25-17-33)36-12-13-37-38(30-36)48(68)63(58-44(37)52)40-14-15-43(65)56-46(40)66/h2,4-13,30-31,33,40,69H,3,14-29,32H2,1H3,(H,53,54,57)(H,56,65,66)/b4-2-/t40?,50-/m1/s1. The van der Waals surface area contributed by atoms with Crippen LogP contribution in [0.3, 0.4) is 0 Å². The van der Waals surface area contributed by atoms with Crippen LogP contribution in [-0.2, 0) is 21.7 Å². The lowest BCUT2D eigenvalue weighted by atomic mass is 9.71. The molecule has 0 aliphatic carbocycles. The van der Waals surface area contributed by atoms with Crippen molar-refractivity contribution in [2.75, 3.05) is 60.9 Å². The van der Waals surface area contributed by atoms with Gasteiger partial charge in [-0.25, -0.2) is 24.0 Å². The molecular weight excluding hydrogens is 880 g/mol. The first-order chi connectivity index (χ1) is 33.4. The van der Waals surface area contributed by atoms with E-state index >= 15 is 4.39 Å². The zero-order chi connectivity index (χ0) is 47.4. The number of aromatic nitrogens is 7. The molecule has 358 valence electrons. The average Bonchev–Trinajstić information content (AvgIpc) is 3.63. The van der Waals surface area contributed by atoms with Gasteiger partial charge in [-0.2, -0.15) is 9.37 Å². The minimum atomic E-state index is -1.12. The predicted molar refractivity (Wildman–Crippen MR) is 260 cm³/mol. The molecule has 11 rings (SSSR count). The van der Waals surface area contributed by atoms with Crippen LogP contribution in [0.15, 0.2) is 88.6 Å². The lowest BCUT2D eigenvalue weighted by molar-refractivity contribution is -0.136. The molecule has 17 nitrogen and oxygen atoms in total. The maximum atomic E-state index is 15.1. The van der Waals surface area contributed by atoms with Crippen LogP contribution in [0.4, 0.5) is 27.4 Å². The van der Waals surface area contributed by atoms with Crippen LogP contribution in [0, 0.1) is 17.3 Å². The number of rotatable bonds is 7. The average molecular weight is 937 g/mol. The smallest absolute Gasteiger partial charge is 0.278 e. The first-order valence-corrected chi connectivity index (χ1v) is 24.4. The number of nitrogens with one attached hydrogen (secondary N) is 2. The van der Waals surface area contributed by atoms with Crippen LogP contribution in [0.2, 0.25) is 0 Å². The summed E-state index contributed by atoms with van der Waals surface area (Å²) in [6, 6.07) is 18.0. The Morgan fingerprint density at radius 3 is 2.30 bits per heavy atom. The second-order valence-electron chi connectivity index (χ2n) is 19.9. The normalized spacial score (nSPS) is 22.9. The third-order valence-electron chi connectivity index (χ3n) is 15.5. The number of aliphatic hydroxyl groups is 1. The van der Waals surface area contributed by atoms with Gasteiger partial charge in [0.1, 0.15) is 17.0 Å². The van der Waals surface area contributed by atoms with Crippen molar-refractivity contribution in [2.24, 2.45) is 11.3 Å². The van der Waals surface area contributed by atoms with E-state index in [1.54, 1.807) is 34.6 Å². The molecule has 5 aliphatic rings. The number of nitrogens with zero attached hydrogens (tertiary/aromatic N) is 10. The summed E-state index contributed by atoms with van der Waals surface area (Å²) in [6.45, 7) is 9.12. The number of pyridine rings is 1. The molecule has 3 N–H and O–H groups in total. The van der Waals surface area contributed by atoms with Crippen LogP contribution < -0.4 is 31.6 Å². The fourth-order valence-electron chi connectivity index (χ4n) is 11.2. The lowest BCUT2D eigenvalue weighted by Gasteiger charge is -2.48. The van der Waals surface area contributed by atoms with E-state index in [4.69, 9.17) is 9.97 Å². The number of carbonyl (C=O) groups excluding carboxylic acids is 2. The summed E-state index contributed by atoms with van der Waals surface area (Å²) < 4.78 is 19.4. The molecule has 2 aromatic carbocycles. The van der Waals surface area contributed by atoms with Crippen molar-refractivity contribution in [1.29, 1.82) is 0 Å². The van der Waals surface area contributed by atoms with Crippen molar-refractivity contribution in [3.63, 3.8) is 0 Å². The predicted octanol–water partition coefficient (Wildman–Crippen LogP) is 5.70. The SMILES string of the molecule is C[C@@]1(O)CC/C=C\Cn2c(=O)c3cnc(Nc4ccc(N5CCC6(CCN(CC7CCN(c8ccc9c(F)nn(C%10CCC(=O)NC%10=O)c(=O)c9c8)CC7)CC6)CC5)cc4)nc3n2-c2cccc1n2. The number of halogens is 1. The highest BCUT2D eigenvalue weighted by Gasteiger charge is 2.38. The van der Waals surface area contributed by atoms with Gasteiger partial charge in [0.25, 0.3) is 17.0 Å². The van der Waals surface area contributed by atoms with Gasteiger partial charge in [-0.3, -0.25) is 24.5 Å². The van der Waals surface area contributed by atoms with Gasteiger partial charge in [0.05, 0.1) is 17.6 Å². The monoisotopic (exact) mass is 936 g/mol. The first-order valence-electron chi connectivity index (χ1n) is 24.4. The van der Waals surface area contributed by atoms with Gasteiger partial charge < -0.3 is 25.1 Å². The Kier molecular flexibility index (Phi) is 11.6. The van der Waals surface area contributed by atoms with E-state index in [9.17, 15) is 24.3 Å². The van der Waals surface area contributed by atoms with Crippen molar-refractivity contribution >= 4 is 56.6 Å². The molecule has 4 fully saturated rings. The number of imide groups is 1.